The van der Waals surface area contributed by atoms with Crippen molar-refractivity contribution in [3.8, 4) is 5.75 Å². The second-order valence-electron chi connectivity index (χ2n) is 9.79. The third-order valence-electron chi connectivity index (χ3n) is 7.56. The summed E-state index contributed by atoms with van der Waals surface area (Å²) in [5, 5.41) is 0. The van der Waals surface area contributed by atoms with Crippen LogP contribution in [-0.4, -0.2) is 59.3 Å². The van der Waals surface area contributed by atoms with E-state index in [4.69, 9.17) is 18.9 Å². The van der Waals surface area contributed by atoms with E-state index in [9.17, 15) is 14.4 Å². The van der Waals surface area contributed by atoms with E-state index in [1.54, 1.807) is 11.8 Å². The standard InChI is InChI=1S/C28H33N3O7/c1-3-16-36-27(34)30-15-13-28-12-10-20(38-28)17-21(28)25(30)29-31-14-11-22(32)24(23(31)26(33)35-4-2)37-18-19-8-6-5-7-9-19/h3,5-9,11,14,20-21,25,29H,1,4,10,12-13,15-18H2,2H3/t20-,21+,25?,28-/m0/s1. The van der Waals surface area contributed by atoms with Crippen molar-refractivity contribution in [2.75, 3.05) is 25.2 Å². The highest BCUT2D eigenvalue weighted by atomic mass is 16.6. The number of nitrogens with one attached hydrogen (secondary N) is 1. The zero-order valence-corrected chi connectivity index (χ0v) is 21.5. The van der Waals surface area contributed by atoms with Crippen LogP contribution >= 0.6 is 0 Å². The second-order valence-corrected chi connectivity index (χ2v) is 9.79. The van der Waals surface area contributed by atoms with Gasteiger partial charge in [-0.25, -0.2) is 9.59 Å². The number of carbonyl (C=O) groups is 2. The monoisotopic (exact) mass is 523 g/mol. The Morgan fingerprint density at radius 1 is 1.21 bits per heavy atom. The maximum atomic E-state index is 13.2. The molecule has 1 N–H and O–H groups in total. The lowest BCUT2D eigenvalue weighted by Crippen LogP contribution is -2.62. The first kappa shape index (κ1) is 25.8. The van der Waals surface area contributed by atoms with Crippen LogP contribution in [0.4, 0.5) is 4.79 Å². The van der Waals surface area contributed by atoms with E-state index in [0.717, 1.165) is 24.8 Å². The summed E-state index contributed by atoms with van der Waals surface area (Å²) in [6.07, 6.45) is 5.46. The van der Waals surface area contributed by atoms with Gasteiger partial charge in [0.25, 0.3) is 0 Å². The summed E-state index contributed by atoms with van der Waals surface area (Å²) in [6.45, 7) is 6.03. The van der Waals surface area contributed by atoms with Crippen LogP contribution in [0.5, 0.6) is 5.75 Å². The Kier molecular flexibility index (Phi) is 7.42. The van der Waals surface area contributed by atoms with E-state index in [2.05, 4.69) is 12.0 Å². The molecular weight excluding hydrogens is 490 g/mol. The number of aromatic nitrogens is 1. The molecule has 3 aliphatic heterocycles. The molecular formula is C28H33N3O7. The van der Waals surface area contributed by atoms with Gasteiger partial charge in [-0.3, -0.25) is 14.4 Å². The zero-order valence-electron chi connectivity index (χ0n) is 21.5. The Balaban J connectivity index is 1.50. The average Bonchev–Trinajstić information content (AvgIpc) is 3.51. The van der Waals surface area contributed by atoms with Crippen molar-refractivity contribution >= 4 is 12.1 Å². The number of hydrogen-bond donors (Lipinski definition) is 1. The van der Waals surface area contributed by atoms with E-state index in [-0.39, 0.29) is 48.9 Å². The van der Waals surface area contributed by atoms with Crippen molar-refractivity contribution in [2.24, 2.45) is 5.92 Å². The molecule has 3 aliphatic rings. The van der Waals surface area contributed by atoms with Crippen LogP contribution in [0.15, 0.2) is 60.0 Å². The lowest BCUT2D eigenvalue weighted by Gasteiger charge is -2.48. The molecule has 2 aromatic rings. The van der Waals surface area contributed by atoms with E-state index in [1.165, 1.54) is 23.0 Å². The highest BCUT2D eigenvalue weighted by molar-refractivity contribution is 5.90. The van der Waals surface area contributed by atoms with Crippen LogP contribution < -0.4 is 15.6 Å². The Bertz CT molecular complexity index is 1250. The van der Waals surface area contributed by atoms with Gasteiger partial charge in [-0.05, 0) is 38.2 Å². The summed E-state index contributed by atoms with van der Waals surface area (Å²) < 4.78 is 24.4. The number of amides is 1. The zero-order chi connectivity index (χ0) is 26.7. The first-order valence-electron chi connectivity index (χ1n) is 13.0. The molecule has 5 rings (SSSR count). The molecule has 3 fully saturated rings. The van der Waals surface area contributed by atoms with E-state index >= 15 is 0 Å². The molecule has 202 valence electrons. The van der Waals surface area contributed by atoms with E-state index in [0.29, 0.717) is 13.0 Å². The van der Waals surface area contributed by atoms with Crippen LogP contribution in [-0.2, 0) is 20.8 Å². The predicted molar refractivity (Wildman–Crippen MR) is 138 cm³/mol. The molecule has 1 aromatic heterocycles. The fourth-order valence-electron chi connectivity index (χ4n) is 5.85. The molecule has 10 nitrogen and oxygen atoms in total. The van der Waals surface area contributed by atoms with Crippen molar-refractivity contribution in [2.45, 2.75) is 57.1 Å². The highest BCUT2D eigenvalue weighted by Crippen LogP contribution is 2.53. The molecule has 4 atom stereocenters. The van der Waals surface area contributed by atoms with Crippen molar-refractivity contribution in [1.82, 2.24) is 9.58 Å². The molecule has 1 spiro atoms. The number of hydrogen-bond acceptors (Lipinski definition) is 8. The van der Waals surface area contributed by atoms with Gasteiger partial charge in [0.15, 0.2) is 11.4 Å². The van der Waals surface area contributed by atoms with Crippen LogP contribution in [0.3, 0.4) is 0 Å². The smallest absolute Gasteiger partial charge is 0.411 e. The van der Waals surface area contributed by atoms with Crippen molar-refractivity contribution in [3.05, 3.63) is 76.7 Å². The molecule has 0 aliphatic carbocycles. The fraction of sp³-hybridized carbons (Fsp3) is 0.464. The van der Waals surface area contributed by atoms with Crippen molar-refractivity contribution in [1.29, 1.82) is 0 Å². The SMILES string of the molecule is C=CCOC(=O)N1CC[C@@]23CC[C@@H](C[C@@H]2C1Nn1ccc(=O)c(OCc2ccccc2)c1C(=O)OCC)O3. The molecule has 1 amide bonds. The molecule has 0 saturated carbocycles. The van der Waals surface area contributed by atoms with Gasteiger partial charge in [-0.1, -0.05) is 43.0 Å². The largest absolute Gasteiger partial charge is 0.482 e. The quantitative estimate of drug-likeness (QED) is 0.393. The van der Waals surface area contributed by atoms with E-state index < -0.39 is 23.7 Å². The number of piperidine rings is 1. The predicted octanol–water partition coefficient (Wildman–Crippen LogP) is 3.44. The fourth-order valence-corrected chi connectivity index (χ4v) is 5.85. The van der Waals surface area contributed by atoms with Gasteiger partial charge in [-0.15, -0.1) is 0 Å². The minimum atomic E-state index is -0.712. The van der Waals surface area contributed by atoms with E-state index in [1.807, 2.05) is 30.3 Å². The summed E-state index contributed by atoms with van der Waals surface area (Å²) in [4.78, 5) is 40.7. The van der Waals surface area contributed by atoms with Crippen LogP contribution in [0.1, 0.15) is 48.7 Å². The number of carbonyl (C=O) groups excluding carboxylic acids is 2. The van der Waals surface area contributed by atoms with Crippen LogP contribution in [0, 0.1) is 5.92 Å². The Morgan fingerprint density at radius 3 is 2.76 bits per heavy atom. The van der Waals surface area contributed by atoms with Gasteiger partial charge in [0, 0.05) is 24.7 Å². The summed E-state index contributed by atoms with van der Waals surface area (Å²) in [7, 11) is 0. The lowest BCUT2D eigenvalue weighted by atomic mass is 9.72. The summed E-state index contributed by atoms with van der Waals surface area (Å²) in [6, 6.07) is 10.7. The van der Waals surface area contributed by atoms with Crippen LogP contribution in [0.2, 0.25) is 0 Å². The van der Waals surface area contributed by atoms with Gasteiger partial charge < -0.3 is 24.4 Å². The normalized spacial score (nSPS) is 25.4. The number of pyridine rings is 1. The summed E-state index contributed by atoms with van der Waals surface area (Å²) >= 11 is 0. The first-order chi connectivity index (χ1) is 18.5. The summed E-state index contributed by atoms with van der Waals surface area (Å²) in [5.74, 6) is -0.872. The van der Waals surface area contributed by atoms with Gasteiger partial charge in [0.2, 0.25) is 5.43 Å². The third kappa shape index (κ3) is 4.88. The Labute approximate surface area is 221 Å². The van der Waals surface area contributed by atoms with Crippen LogP contribution in [0.25, 0.3) is 0 Å². The van der Waals surface area contributed by atoms with Crippen molar-refractivity contribution in [3.63, 3.8) is 0 Å². The lowest BCUT2D eigenvalue weighted by molar-refractivity contribution is -0.0665. The number of ether oxygens (including phenoxy) is 4. The topological polar surface area (TPSA) is 108 Å². The molecule has 38 heavy (non-hydrogen) atoms. The summed E-state index contributed by atoms with van der Waals surface area (Å²) in [5.41, 5.74) is 3.31. The van der Waals surface area contributed by atoms with Gasteiger partial charge in [0.1, 0.15) is 19.4 Å². The van der Waals surface area contributed by atoms with Crippen molar-refractivity contribution < 1.29 is 28.5 Å². The Hall–Kier alpha value is -3.79. The molecule has 3 saturated heterocycles. The molecule has 4 heterocycles. The first-order valence-corrected chi connectivity index (χ1v) is 13.0. The average molecular weight is 524 g/mol. The molecule has 1 unspecified atom stereocenters. The van der Waals surface area contributed by atoms with Gasteiger partial charge in [0.05, 0.1) is 18.3 Å². The number of nitrogens with zero attached hydrogens (tertiary/aromatic N) is 2. The maximum Gasteiger partial charge on any atom is 0.411 e. The third-order valence-corrected chi connectivity index (χ3v) is 7.56. The van der Waals surface area contributed by atoms with Gasteiger partial charge >= 0.3 is 12.1 Å². The molecule has 1 aromatic carbocycles. The molecule has 0 radical (unpaired) electrons. The highest BCUT2D eigenvalue weighted by Gasteiger charge is 2.60. The number of likely N-dealkylation sites (tertiary alicyclic amines) is 1. The molecule has 2 bridgehead atoms. The number of rotatable bonds is 9. The number of fused-ring (bicyclic) bond motifs is 1. The number of esters is 1. The minimum Gasteiger partial charge on any atom is -0.482 e. The minimum absolute atomic E-state index is 0.0329. The molecule has 10 heteroatoms. The number of benzene rings is 1. The maximum absolute atomic E-state index is 13.2. The Morgan fingerprint density at radius 2 is 2.03 bits per heavy atom. The van der Waals surface area contributed by atoms with Gasteiger partial charge in [-0.2, -0.15) is 0 Å². The second kappa shape index (κ2) is 10.9.